The Morgan fingerprint density at radius 2 is 0.639 bits per heavy atom. The van der Waals surface area contributed by atoms with Crippen molar-refractivity contribution in [3.05, 3.63) is 132 Å². The normalized spacial score (nSPS) is 13.4. The fourth-order valence-corrected chi connectivity index (χ4v) is 7.30. The van der Waals surface area contributed by atoms with Gasteiger partial charge in [-0.15, -0.1) is 0 Å². The van der Waals surface area contributed by atoms with Crippen LogP contribution in [0.4, 0.5) is 22.7 Å². The molecule has 5 aromatic rings. The average molecular weight is 501 g/mol. The van der Waals surface area contributed by atoms with E-state index >= 15 is 0 Å². The molecule has 36 heavy (non-hydrogen) atoms. The Morgan fingerprint density at radius 3 is 0.972 bits per heavy atom. The molecule has 0 unspecified atom stereocenters. The van der Waals surface area contributed by atoms with Crippen LogP contribution in [0.5, 0.6) is 0 Å². The molecule has 4 heteroatoms. The minimum Gasteiger partial charge on any atom is -0.335 e. The third kappa shape index (κ3) is 3.78. The summed E-state index contributed by atoms with van der Waals surface area (Å²) in [6.07, 6.45) is 0. The summed E-state index contributed by atoms with van der Waals surface area (Å²) in [7, 11) is 0. The fourth-order valence-electron chi connectivity index (χ4n) is 5.11. The van der Waals surface area contributed by atoms with E-state index in [-0.39, 0.29) is 0 Å². The van der Waals surface area contributed by atoms with Gasteiger partial charge in [-0.2, -0.15) is 0 Å². The zero-order valence-electron chi connectivity index (χ0n) is 19.7. The molecule has 0 saturated heterocycles. The lowest BCUT2D eigenvalue weighted by molar-refractivity contribution is 0.881. The molecule has 2 heterocycles. The molecule has 0 aliphatic carbocycles. The molecular formula is C32H24N2S2. The van der Waals surface area contributed by atoms with Crippen molar-refractivity contribution in [1.82, 2.24) is 0 Å². The minimum atomic E-state index is 0.830. The molecule has 2 nitrogen and oxygen atoms in total. The number of anilines is 4. The average Bonchev–Trinajstić information content (AvgIpc) is 2.93. The van der Waals surface area contributed by atoms with Gasteiger partial charge in [-0.3, -0.25) is 0 Å². The van der Waals surface area contributed by atoms with Crippen LogP contribution in [0.2, 0.25) is 0 Å². The number of nitrogens with zero attached hydrogens (tertiary/aromatic N) is 2. The number of rotatable bonds is 4. The molecule has 0 bridgehead atoms. The van der Waals surface area contributed by atoms with Crippen LogP contribution in [0.15, 0.2) is 141 Å². The van der Waals surface area contributed by atoms with E-state index in [9.17, 15) is 0 Å². The molecule has 0 atom stereocenters. The highest BCUT2D eigenvalue weighted by molar-refractivity contribution is 8.00. The first-order valence-corrected chi connectivity index (χ1v) is 13.8. The zero-order chi connectivity index (χ0) is 23.9. The Bertz CT molecular complexity index is 1370. The topological polar surface area (TPSA) is 6.48 Å². The molecule has 0 aromatic heterocycles. The number of hydrogen-bond acceptors (Lipinski definition) is 4. The maximum Gasteiger partial charge on any atom is 0.0556 e. The Kier molecular flexibility index (Phi) is 5.49. The van der Waals surface area contributed by atoms with Crippen molar-refractivity contribution in [1.29, 1.82) is 0 Å². The third-order valence-electron chi connectivity index (χ3n) is 6.84. The van der Waals surface area contributed by atoms with Gasteiger partial charge in [-0.05, 0) is 59.7 Å². The second-order valence-electron chi connectivity index (χ2n) is 9.02. The maximum atomic E-state index is 2.48. The molecule has 0 saturated carbocycles. The number of fused-ring (bicyclic) bond motifs is 4. The number of para-hydroxylation sites is 4. The van der Waals surface area contributed by atoms with Crippen molar-refractivity contribution in [3.63, 3.8) is 0 Å². The van der Waals surface area contributed by atoms with Crippen molar-refractivity contribution in [2.75, 3.05) is 9.80 Å². The van der Waals surface area contributed by atoms with Gasteiger partial charge < -0.3 is 9.80 Å². The maximum absolute atomic E-state index is 2.48. The van der Waals surface area contributed by atoms with Gasteiger partial charge in [-0.25, -0.2) is 0 Å². The SMILES string of the molecule is c1ccc(CN2c3ccccc3Sc3ccccc32)c(CN2c3ccccc3Sc3ccccc32)c1. The van der Waals surface area contributed by atoms with Crippen LogP contribution in [0.25, 0.3) is 0 Å². The van der Waals surface area contributed by atoms with E-state index in [0.717, 1.165) is 13.1 Å². The van der Waals surface area contributed by atoms with Crippen molar-refractivity contribution < 1.29 is 0 Å². The Labute approximate surface area is 220 Å². The molecule has 2 aliphatic heterocycles. The van der Waals surface area contributed by atoms with E-state index in [1.54, 1.807) is 0 Å². The number of hydrogen-bond donors (Lipinski definition) is 0. The van der Waals surface area contributed by atoms with Crippen molar-refractivity contribution in [3.8, 4) is 0 Å². The molecule has 5 aromatic carbocycles. The molecule has 174 valence electrons. The highest BCUT2D eigenvalue weighted by Crippen LogP contribution is 2.50. The number of benzene rings is 5. The van der Waals surface area contributed by atoms with Crippen LogP contribution < -0.4 is 9.80 Å². The summed E-state index contributed by atoms with van der Waals surface area (Å²) in [4.78, 5) is 10.2. The van der Waals surface area contributed by atoms with Crippen LogP contribution in [-0.2, 0) is 13.1 Å². The first-order chi connectivity index (χ1) is 17.8. The largest absolute Gasteiger partial charge is 0.335 e. The van der Waals surface area contributed by atoms with Gasteiger partial charge in [0.2, 0.25) is 0 Å². The van der Waals surface area contributed by atoms with E-state index in [1.807, 2.05) is 23.5 Å². The van der Waals surface area contributed by atoms with E-state index in [1.165, 1.54) is 53.5 Å². The summed E-state index contributed by atoms with van der Waals surface area (Å²) in [6, 6.07) is 43.9. The molecule has 0 radical (unpaired) electrons. The van der Waals surface area contributed by atoms with Crippen LogP contribution >= 0.6 is 23.5 Å². The summed E-state index contributed by atoms with van der Waals surface area (Å²) < 4.78 is 0. The molecule has 2 aliphatic rings. The van der Waals surface area contributed by atoms with Crippen molar-refractivity contribution in [2.45, 2.75) is 32.7 Å². The van der Waals surface area contributed by atoms with Gasteiger partial charge in [0.05, 0.1) is 22.7 Å². The first kappa shape index (κ1) is 21.7. The Balaban J connectivity index is 1.29. The van der Waals surface area contributed by atoms with Crippen LogP contribution in [-0.4, -0.2) is 0 Å². The Hall–Kier alpha value is -3.60. The fraction of sp³-hybridized carbons (Fsp3) is 0.0625. The smallest absolute Gasteiger partial charge is 0.0556 e. The van der Waals surface area contributed by atoms with Crippen molar-refractivity contribution >= 4 is 46.3 Å². The van der Waals surface area contributed by atoms with Crippen LogP contribution in [0.1, 0.15) is 11.1 Å². The quantitative estimate of drug-likeness (QED) is 0.242. The molecular weight excluding hydrogens is 477 g/mol. The summed E-state index contributed by atoms with van der Waals surface area (Å²) >= 11 is 3.72. The minimum absolute atomic E-state index is 0.830. The molecule has 0 spiro atoms. The van der Waals surface area contributed by atoms with Gasteiger partial charge in [-0.1, -0.05) is 96.3 Å². The highest BCUT2D eigenvalue weighted by Gasteiger charge is 2.26. The standard InChI is InChI=1S/C32H24N2S2/c1-2-12-24(22-34-27-15-5-9-19-31(27)36-32-20-10-6-16-28(32)34)23(11-1)21-33-25-13-3-7-17-29(25)35-30-18-8-4-14-26(30)33/h1-20H,21-22H2. The zero-order valence-corrected chi connectivity index (χ0v) is 21.3. The van der Waals surface area contributed by atoms with Gasteiger partial charge in [0, 0.05) is 32.7 Å². The molecule has 0 fully saturated rings. The first-order valence-electron chi connectivity index (χ1n) is 12.2. The van der Waals surface area contributed by atoms with Gasteiger partial charge in [0.1, 0.15) is 0 Å². The summed E-state index contributed by atoms with van der Waals surface area (Å²) in [6.45, 7) is 1.66. The second-order valence-corrected chi connectivity index (χ2v) is 11.2. The van der Waals surface area contributed by atoms with Gasteiger partial charge >= 0.3 is 0 Å². The third-order valence-corrected chi connectivity index (χ3v) is 9.10. The van der Waals surface area contributed by atoms with E-state index in [4.69, 9.17) is 0 Å². The molecule has 0 amide bonds. The lowest BCUT2D eigenvalue weighted by atomic mass is 10.0. The summed E-state index contributed by atoms with van der Waals surface area (Å²) in [5, 5.41) is 0. The van der Waals surface area contributed by atoms with E-state index in [0.29, 0.717) is 0 Å². The van der Waals surface area contributed by atoms with Crippen molar-refractivity contribution in [2.24, 2.45) is 0 Å². The Morgan fingerprint density at radius 1 is 0.361 bits per heavy atom. The summed E-state index contributed by atoms with van der Waals surface area (Å²) in [5.41, 5.74) is 7.81. The van der Waals surface area contributed by atoms with Gasteiger partial charge in [0.25, 0.3) is 0 Å². The second kappa shape index (κ2) is 9.12. The monoisotopic (exact) mass is 500 g/mol. The summed E-state index contributed by atoms with van der Waals surface area (Å²) in [5.74, 6) is 0. The lowest BCUT2D eigenvalue weighted by Crippen LogP contribution is -2.24. The highest BCUT2D eigenvalue weighted by atomic mass is 32.2. The van der Waals surface area contributed by atoms with Crippen LogP contribution in [0, 0.1) is 0 Å². The van der Waals surface area contributed by atoms with Crippen LogP contribution in [0.3, 0.4) is 0 Å². The predicted octanol–water partition coefficient (Wildman–Crippen LogP) is 9.29. The van der Waals surface area contributed by atoms with E-state index in [2.05, 4.69) is 131 Å². The van der Waals surface area contributed by atoms with E-state index < -0.39 is 0 Å². The predicted molar refractivity (Wildman–Crippen MR) is 152 cm³/mol. The van der Waals surface area contributed by atoms with Gasteiger partial charge in [0.15, 0.2) is 0 Å². The molecule has 7 rings (SSSR count). The lowest BCUT2D eigenvalue weighted by Gasteiger charge is -2.35. The molecule has 0 N–H and O–H groups in total.